The Morgan fingerprint density at radius 2 is 1.75 bits per heavy atom. The van der Waals surface area contributed by atoms with Crippen molar-refractivity contribution >= 4 is 5.91 Å². The molecule has 0 aromatic carbocycles. The Labute approximate surface area is 122 Å². The van der Waals surface area contributed by atoms with Gasteiger partial charge in [-0.25, -0.2) is 0 Å². The Hall–Kier alpha value is -0.610. The molecule has 2 saturated heterocycles. The second kappa shape index (κ2) is 6.44. The van der Waals surface area contributed by atoms with Gasteiger partial charge < -0.3 is 15.1 Å². The highest BCUT2D eigenvalue weighted by Crippen LogP contribution is 2.35. The minimum Gasteiger partial charge on any atom is -0.334 e. The molecule has 2 heterocycles. The summed E-state index contributed by atoms with van der Waals surface area (Å²) in [7, 11) is 0. The predicted octanol–water partition coefficient (Wildman–Crippen LogP) is 1.61. The molecule has 114 valence electrons. The Balaban J connectivity index is 1.58. The molecule has 20 heavy (non-hydrogen) atoms. The highest BCUT2D eigenvalue weighted by atomic mass is 16.2. The van der Waals surface area contributed by atoms with Gasteiger partial charge in [0.25, 0.3) is 0 Å². The monoisotopic (exact) mass is 279 g/mol. The van der Waals surface area contributed by atoms with E-state index in [2.05, 4.69) is 15.1 Å². The second-order valence-electron chi connectivity index (χ2n) is 6.81. The Bertz CT molecular complexity index is 324. The molecule has 3 fully saturated rings. The zero-order chi connectivity index (χ0) is 13.8. The summed E-state index contributed by atoms with van der Waals surface area (Å²) in [5.74, 6) is 0.403. The smallest absolute Gasteiger partial charge is 0.224 e. The van der Waals surface area contributed by atoms with Crippen molar-refractivity contribution in [1.29, 1.82) is 0 Å². The third-order valence-electron chi connectivity index (χ3n) is 5.46. The van der Waals surface area contributed by atoms with Crippen LogP contribution in [0, 0.1) is 0 Å². The predicted molar refractivity (Wildman–Crippen MR) is 80.7 cm³/mol. The number of nitrogens with one attached hydrogen (secondary N) is 1. The van der Waals surface area contributed by atoms with E-state index in [0.29, 0.717) is 5.91 Å². The highest BCUT2D eigenvalue weighted by Gasteiger charge is 2.41. The third-order valence-corrected chi connectivity index (χ3v) is 5.46. The molecule has 2 aliphatic heterocycles. The van der Waals surface area contributed by atoms with Crippen LogP contribution in [0.5, 0.6) is 0 Å². The van der Waals surface area contributed by atoms with Crippen LogP contribution in [0.4, 0.5) is 0 Å². The molecule has 0 bridgehead atoms. The number of piperazine rings is 1. The zero-order valence-electron chi connectivity index (χ0n) is 12.7. The van der Waals surface area contributed by atoms with Gasteiger partial charge in [-0.1, -0.05) is 19.3 Å². The molecule has 0 radical (unpaired) electrons. The van der Waals surface area contributed by atoms with Crippen LogP contribution < -0.4 is 5.32 Å². The van der Waals surface area contributed by atoms with Crippen molar-refractivity contribution in [2.24, 2.45) is 0 Å². The number of rotatable bonds is 3. The fourth-order valence-corrected chi connectivity index (χ4v) is 4.29. The quantitative estimate of drug-likeness (QED) is 0.852. The minimum absolute atomic E-state index is 0.151. The van der Waals surface area contributed by atoms with Crippen LogP contribution in [-0.4, -0.2) is 60.5 Å². The lowest BCUT2D eigenvalue weighted by Gasteiger charge is -2.50. The molecule has 0 aromatic heterocycles. The number of carbonyl (C=O) groups excluding carboxylic acids is 1. The summed E-state index contributed by atoms with van der Waals surface area (Å²) < 4.78 is 0. The molecule has 0 aromatic rings. The van der Waals surface area contributed by atoms with Gasteiger partial charge in [0.05, 0.1) is 5.54 Å². The first-order chi connectivity index (χ1) is 9.80. The van der Waals surface area contributed by atoms with E-state index < -0.39 is 0 Å². The van der Waals surface area contributed by atoms with Gasteiger partial charge in [0, 0.05) is 32.6 Å². The number of carbonyl (C=O) groups is 1. The van der Waals surface area contributed by atoms with Crippen LogP contribution in [0.25, 0.3) is 0 Å². The van der Waals surface area contributed by atoms with E-state index in [1.165, 1.54) is 58.0 Å². The molecule has 1 saturated carbocycles. The van der Waals surface area contributed by atoms with Gasteiger partial charge >= 0.3 is 0 Å². The Morgan fingerprint density at radius 3 is 2.50 bits per heavy atom. The number of hydrogen-bond acceptors (Lipinski definition) is 3. The first-order valence-corrected chi connectivity index (χ1v) is 8.54. The minimum atomic E-state index is 0.151. The van der Waals surface area contributed by atoms with Gasteiger partial charge in [-0.3, -0.25) is 4.79 Å². The van der Waals surface area contributed by atoms with Crippen LogP contribution in [-0.2, 0) is 4.79 Å². The maximum absolute atomic E-state index is 12.7. The van der Waals surface area contributed by atoms with Crippen molar-refractivity contribution in [2.75, 3.05) is 39.3 Å². The van der Waals surface area contributed by atoms with Crippen LogP contribution in [0.2, 0.25) is 0 Å². The summed E-state index contributed by atoms with van der Waals surface area (Å²) in [4.78, 5) is 17.4. The molecule has 3 rings (SSSR count). The molecule has 0 atom stereocenters. The average Bonchev–Trinajstić information content (AvgIpc) is 2.99. The first-order valence-electron chi connectivity index (χ1n) is 8.54. The van der Waals surface area contributed by atoms with E-state index in [-0.39, 0.29) is 5.54 Å². The fraction of sp³-hybridized carbons (Fsp3) is 0.938. The van der Waals surface area contributed by atoms with Gasteiger partial charge in [-0.15, -0.1) is 0 Å². The van der Waals surface area contributed by atoms with Crippen LogP contribution in [0.1, 0.15) is 51.4 Å². The maximum atomic E-state index is 12.7. The topological polar surface area (TPSA) is 35.6 Å². The zero-order valence-corrected chi connectivity index (χ0v) is 12.7. The van der Waals surface area contributed by atoms with E-state index in [1.54, 1.807) is 0 Å². The average molecular weight is 279 g/mol. The normalized spacial score (nSPS) is 27.1. The lowest BCUT2D eigenvalue weighted by Crippen LogP contribution is -2.63. The molecular weight excluding hydrogens is 250 g/mol. The molecule has 4 heteroatoms. The molecule has 0 unspecified atom stereocenters. The summed E-state index contributed by atoms with van der Waals surface area (Å²) in [5.41, 5.74) is 0.151. The largest absolute Gasteiger partial charge is 0.334 e. The number of amides is 1. The molecular formula is C16H29N3O. The maximum Gasteiger partial charge on any atom is 0.224 e. The van der Waals surface area contributed by atoms with Crippen molar-refractivity contribution < 1.29 is 4.79 Å². The summed E-state index contributed by atoms with van der Waals surface area (Å²) in [6, 6.07) is 0. The van der Waals surface area contributed by atoms with Gasteiger partial charge in [0.15, 0.2) is 0 Å². The van der Waals surface area contributed by atoms with E-state index >= 15 is 0 Å². The molecule has 4 nitrogen and oxygen atoms in total. The molecule has 1 spiro atoms. The number of nitrogens with zero attached hydrogens (tertiary/aromatic N) is 2. The number of likely N-dealkylation sites (tertiary alicyclic amines) is 1. The fourth-order valence-electron chi connectivity index (χ4n) is 4.29. The Kier molecular flexibility index (Phi) is 4.61. The van der Waals surface area contributed by atoms with Gasteiger partial charge in [-0.2, -0.15) is 0 Å². The van der Waals surface area contributed by atoms with Gasteiger partial charge in [-0.05, 0) is 38.8 Å². The van der Waals surface area contributed by atoms with Crippen molar-refractivity contribution in [1.82, 2.24) is 15.1 Å². The van der Waals surface area contributed by atoms with Crippen molar-refractivity contribution in [3.63, 3.8) is 0 Å². The molecule has 3 aliphatic rings. The summed E-state index contributed by atoms with van der Waals surface area (Å²) in [6.07, 6.45) is 9.68. The second-order valence-corrected chi connectivity index (χ2v) is 6.81. The van der Waals surface area contributed by atoms with Crippen LogP contribution >= 0.6 is 0 Å². The standard InChI is InChI=1S/C16H29N3O/c20-15(6-12-18-10-4-5-11-18)19-13-9-17-14-16(19)7-2-1-3-8-16/h17H,1-14H2. The number of hydrogen-bond donors (Lipinski definition) is 1. The van der Waals surface area contributed by atoms with E-state index in [9.17, 15) is 4.79 Å². The lowest BCUT2D eigenvalue weighted by atomic mass is 9.79. The SMILES string of the molecule is O=C(CCN1CCCC1)N1CCNCC12CCCCC2. The lowest BCUT2D eigenvalue weighted by molar-refractivity contribution is -0.141. The van der Waals surface area contributed by atoms with E-state index in [0.717, 1.165) is 32.6 Å². The van der Waals surface area contributed by atoms with E-state index in [4.69, 9.17) is 0 Å². The van der Waals surface area contributed by atoms with Crippen molar-refractivity contribution in [2.45, 2.75) is 56.9 Å². The van der Waals surface area contributed by atoms with Gasteiger partial charge in [0.2, 0.25) is 5.91 Å². The molecule has 1 amide bonds. The Morgan fingerprint density at radius 1 is 1.00 bits per heavy atom. The van der Waals surface area contributed by atoms with Crippen LogP contribution in [0.15, 0.2) is 0 Å². The molecule has 1 aliphatic carbocycles. The molecule has 1 N–H and O–H groups in total. The first kappa shape index (κ1) is 14.3. The van der Waals surface area contributed by atoms with E-state index in [1.807, 2.05) is 0 Å². The third kappa shape index (κ3) is 3.01. The van der Waals surface area contributed by atoms with Crippen molar-refractivity contribution in [3.8, 4) is 0 Å². The van der Waals surface area contributed by atoms with Gasteiger partial charge in [0.1, 0.15) is 0 Å². The van der Waals surface area contributed by atoms with Crippen LogP contribution in [0.3, 0.4) is 0 Å². The highest BCUT2D eigenvalue weighted by molar-refractivity contribution is 5.77. The summed E-state index contributed by atoms with van der Waals surface area (Å²) >= 11 is 0. The van der Waals surface area contributed by atoms with Crippen molar-refractivity contribution in [3.05, 3.63) is 0 Å². The summed E-state index contributed by atoms with van der Waals surface area (Å²) in [5, 5.41) is 3.52. The summed E-state index contributed by atoms with van der Waals surface area (Å²) in [6.45, 7) is 6.26.